The minimum atomic E-state index is -0.445. The molecule has 1 aromatic heterocycles. The first-order valence-electron chi connectivity index (χ1n) is 15.0. The van der Waals surface area contributed by atoms with Crippen LogP contribution in [0.5, 0.6) is 28.7 Å². The summed E-state index contributed by atoms with van der Waals surface area (Å²) in [6.45, 7) is 6.13. The van der Waals surface area contributed by atoms with Gasteiger partial charge >= 0.3 is 5.97 Å². The molecule has 2 bridgehead atoms. The summed E-state index contributed by atoms with van der Waals surface area (Å²) in [5.74, 6) is 1.39. The Balaban J connectivity index is 1.39. The summed E-state index contributed by atoms with van der Waals surface area (Å²) in [6, 6.07) is 4.82. The van der Waals surface area contributed by atoms with Gasteiger partial charge in [0, 0.05) is 60.5 Å². The number of hydrogen-bond acceptors (Lipinski definition) is 10. The number of hydrogen-bond donors (Lipinski definition) is 2. The number of phenols is 1. The van der Waals surface area contributed by atoms with Gasteiger partial charge in [-0.15, -0.1) is 0 Å². The van der Waals surface area contributed by atoms with E-state index in [0.717, 1.165) is 34.2 Å². The lowest BCUT2D eigenvalue weighted by Gasteiger charge is -2.58. The predicted molar refractivity (Wildman–Crippen MR) is 165 cm³/mol. The van der Waals surface area contributed by atoms with Crippen LogP contribution in [0.25, 0.3) is 0 Å². The molecule has 3 aromatic rings. The van der Waals surface area contributed by atoms with Gasteiger partial charge in [-0.05, 0) is 57.0 Å². The van der Waals surface area contributed by atoms with Crippen LogP contribution in [-0.4, -0.2) is 77.9 Å². The van der Waals surface area contributed by atoms with E-state index in [1.165, 1.54) is 13.1 Å². The highest BCUT2D eigenvalue weighted by molar-refractivity contribution is 6.32. The number of carbonyl (C=O) groups excluding carboxylic acids is 2. The molecule has 12 heteroatoms. The molecule has 2 N–H and O–H groups in total. The van der Waals surface area contributed by atoms with Gasteiger partial charge in [-0.3, -0.25) is 19.4 Å². The van der Waals surface area contributed by atoms with E-state index in [-0.39, 0.29) is 59.9 Å². The first kappa shape index (κ1) is 29.6. The zero-order chi connectivity index (χ0) is 31.7. The van der Waals surface area contributed by atoms with Gasteiger partial charge in [-0.1, -0.05) is 17.7 Å². The summed E-state index contributed by atoms with van der Waals surface area (Å²) < 4.78 is 23.5. The standard InChI is InChI=1S/C33H35ClN4O7/c1-15-9-18-10-19-13-38-22(26(37(19)4)24(18)27(40)28(15)42-5)11-21-25(23(38)12-36-33(41)20-7-6-8-35-32(20)34)31-30(43-14-44-31)16(2)29(21)45-17(3)39/h6-9,19,22-23,26,40H,10-14H2,1-5H3,(H,36,41)/t19-,22?,23-,26-/m0/s1. The summed E-state index contributed by atoms with van der Waals surface area (Å²) >= 11 is 6.27. The molecular weight excluding hydrogens is 600 g/mol. The number of ether oxygens (including phenoxy) is 4. The second-order valence-electron chi connectivity index (χ2n) is 12.2. The number of halogens is 1. The van der Waals surface area contributed by atoms with Crippen LogP contribution in [-0.2, 0) is 17.6 Å². The van der Waals surface area contributed by atoms with Crippen molar-refractivity contribution in [3.8, 4) is 28.7 Å². The lowest BCUT2D eigenvalue weighted by atomic mass is 9.74. The Labute approximate surface area is 266 Å². The number of phenolic OH excluding ortho intramolecular Hbond substituents is 1. The third-order valence-corrected chi connectivity index (χ3v) is 10.0. The molecule has 1 fully saturated rings. The Hall–Kier alpha value is -4.06. The number of aryl methyl sites for hydroxylation is 1. The van der Waals surface area contributed by atoms with E-state index >= 15 is 0 Å². The number of methoxy groups -OCH3 is 1. The Morgan fingerprint density at radius 1 is 1.18 bits per heavy atom. The zero-order valence-electron chi connectivity index (χ0n) is 25.8. The molecule has 7 rings (SSSR count). The van der Waals surface area contributed by atoms with Crippen molar-refractivity contribution in [2.24, 2.45) is 0 Å². The molecule has 2 aromatic carbocycles. The van der Waals surface area contributed by atoms with Crippen molar-refractivity contribution in [2.75, 3.05) is 34.0 Å². The fraction of sp³-hybridized carbons (Fsp3) is 0.424. The number of likely N-dealkylation sites (N-methyl/N-ethyl adjacent to an activating group) is 1. The quantitative estimate of drug-likeness (QED) is 0.242. The number of carbonyl (C=O) groups is 2. The number of amides is 1. The van der Waals surface area contributed by atoms with Crippen LogP contribution in [0.2, 0.25) is 5.15 Å². The summed E-state index contributed by atoms with van der Waals surface area (Å²) in [7, 11) is 3.66. The van der Waals surface area contributed by atoms with Crippen LogP contribution in [0.3, 0.4) is 0 Å². The van der Waals surface area contributed by atoms with Gasteiger partial charge in [0.15, 0.2) is 23.0 Å². The van der Waals surface area contributed by atoms with E-state index in [2.05, 4.69) is 33.2 Å². The molecule has 11 nitrogen and oxygen atoms in total. The number of pyridine rings is 1. The van der Waals surface area contributed by atoms with Gasteiger partial charge < -0.3 is 29.4 Å². The number of fused-ring (bicyclic) bond motifs is 9. The molecule has 5 heterocycles. The lowest BCUT2D eigenvalue weighted by molar-refractivity contribution is -0.132. The molecule has 0 saturated carbocycles. The molecule has 45 heavy (non-hydrogen) atoms. The van der Waals surface area contributed by atoms with Crippen LogP contribution in [0, 0.1) is 13.8 Å². The van der Waals surface area contributed by atoms with Crippen molar-refractivity contribution in [1.29, 1.82) is 0 Å². The normalized spacial score (nSPS) is 23.1. The Morgan fingerprint density at radius 3 is 2.69 bits per heavy atom. The highest BCUT2D eigenvalue weighted by Crippen LogP contribution is 2.57. The fourth-order valence-corrected chi connectivity index (χ4v) is 8.08. The van der Waals surface area contributed by atoms with E-state index in [4.69, 9.17) is 30.5 Å². The number of aromatic hydroxyl groups is 1. The van der Waals surface area contributed by atoms with Crippen LogP contribution in [0.1, 0.15) is 62.7 Å². The molecule has 4 aliphatic heterocycles. The highest BCUT2D eigenvalue weighted by Gasteiger charge is 2.52. The first-order chi connectivity index (χ1) is 21.6. The number of esters is 1. The molecule has 1 saturated heterocycles. The molecule has 4 atom stereocenters. The summed E-state index contributed by atoms with van der Waals surface area (Å²) in [6.07, 6.45) is 2.78. The van der Waals surface area contributed by atoms with E-state index in [0.29, 0.717) is 41.5 Å². The molecule has 1 amide bonds. The average Bonchev–Trinajstić information content (AvgIpc) is 3.49. The van der Waals surface area contributed by atoms with E-state index < -0.39 is 5.97 Å². The minimum absolute atomic E-state index is 0.0360. The molecule has 0 radical (unpaired) electrons. The summed E-state index contributed by atoms with van der Waals surface area (Å²) in [5, 5.41) is 14.8. The molecule has 4 aliphatic rings. The van der Waals surface area contributed by atoms with Gasteiger partial charge in [0.25, 0.3) is 5.91 Å². The third kappa shape index (κ3) is 4.59. The van der Waals surface area contributed by atoms with Crippen molar-refractivity contribution in [2.45, 2.75) is 57.8 Å². The molecule has 1 unspecified atom stereocenters. The lowest BCUT2D eigenvalue weighted by Crippen LogP contribution is -2.64. The summed E-state index contributed by atoms with van der Waals surface area (Å²) in [5.41, 5.74) is 5.43. The van der Waals surface area contributed by atoms with Crippen molar-refractivity contribution in [1.82, 2.24) is 20.1 Å². The van der Waals surface area contributed by atoms with E-state index in [9.17, 15) is 14.7 Å². The van der Waals surface area contributed by atoms with Gasteiger partial charge in [0.2, 0.25) is 6.79 Å². The smallest absolute Gasteiger partial charge is 0.308 e. The fourth-order valence-electron chi connectivity index (χ4n) is 7.87. The van der Waals surface area contributed by atoms with Crippen LogP contribution >= 0.6 is 11.6 Å². The highest BCUT2D eigenvalue weighted by atomic mass is 35.5. The van der Waals surface area contributed by atoms with Crippen molar-refractivity contribution >= 4 is 23.5 Å². The second kappa shape index (κ2) is 11.1. The number of nitrogens with zero attached hydrogens (tertiary/aromatic N) is 3. The maximum Gasteiger partial charge on any atom is 0.308 e. The van der Waals surface area contributed by atoms with Gasteiger partial charge in [-0.25, -0.2) is 4.98 Å². The van der Waals surface area contributed by atoms with Crippen LogP contribution < -0.4 is 24.3 Å². The van der Waals surface area contributed by atoms with Crippen molar-refractivity contribution in [3.05, 3.63) is 68.5 Å². The number of piperazine rings is 1. The predicted octanol–water partition coefficient (Wildman–Crippen LogP) is 4.03. The van der Waals surface area contributed by atoms with E-state index in [1.54, 1.807) is 19.2 Å². The van der Waals surface area contributed by atoms with Gasteiger partial charge in [-0.2, -0.15) is 0 Å². The summed E-state index contributed by atoms with van der Waals surface area (Å²) in [4.78, 5) is 34.6. The zero-order valence-corrected chi connectivity index (χ0v) is 26.5. The Kier molecular flexibility index (Phi) is 7.30. The second-order valence-corrected chi connectivity index (χ2v) is 12.5. The van der Waals surface area contributed by atoms with Gasteiger partial charge in [0.05, 0.1) is 24.8 Å². The maximum absolute atomic E-state index is 13.4. The largest absolute Gasteiger partial charge is 0.504 e. The molecule has 0 spiro atoms. The average molecular weight is 635 g/mol. The third-order valence-electron chi connectivity index (χ3n) is 9.74. The number of aromatic nitrogens is 1. The molecular formula is C33H35ClN4O7. The van der Waals surface area contributed by atoms with Crippen molar-refractivity contribution < 1.29 is 33.6 Å². The molecule has 0 aliphatic carbocycles. The van der Waals surface area contributed by atoms with E-state index in [1.807, 2.05) is 13.8 Å². The van der Waals surface area contributed by atoms with Gasteiger partial charge in [0.1, 0.15) is 10.9 Å². The number of rotatable bonds is 5. The Morgan fingerprint density at radius 2 is 1.96 bits per heavy atom. The molecule has 236 valence electrons. The first-order valence-corrected chi connectivity index (χ1v) is 15.4. The van der Waals surface area contributed by atoms with Crippen molar-refractivity contribution in [3.63, 3.8) is 0 Å². The Bertz CT molecular complexity index is 1750. The number of benzene rings is 2. The monoisotopic (exact) mass is 634 g/mol. The topological polar surface area (TPSA) is 123 Å². The maximum atomic E-state index is 13.4. The van der Waals surface area contributed by atoms with Crippen LogP contribution in [0.4, 0.5) is 0 Å². The minimum Gasteiger partial charge on any atom is -0.504 e. The van der Waals surface area contributed by atoms with Crippen LogP contribution in [0.15, 0.2) is 24.4 Å². The SMILES string of the molecule is COc1c(C)cc2c(c1O)[C@@H]1C3Cc4c(OC(C)=O)c(C)c5c(c4[C@H](CNC(=O)c4cccnc4Cl)N3C[C@H](C2)N1C)OCO5. The number of nitrogens with one attached hydrogen (secondary N) is 1.